The van der Waals surface area contributed by atoms with E-state index in [1.165, 1.54) is 36.6 Å². The van der Waals surface area contributed by atoms with Gasteiger partial charge in [-0.3, -0.25) is 14.7 Å². The third kappa shape index (κ3) is 6.46. The number of ether oxygens (including phenoxy) is 1. The highest BCUT2D eigenvalue weighted by atomic mass is 35.5. The Morgan fingerprint density at radius 3 is 2.70 bits per heavy atom. The van der Waals surface area contributed by atoms with Gasteiger partial charge >= 0.3 is 12.0 Å². The lowest BCUT2D eigenvalue weighted by atomic mass is 9.95. The van der Waals surface area contributed by atoms with Crippen molar-refractivity contribution in [3.63, 3.8) is 0 Å². The minimum Gasteiger partial charge on any atom is -0.466 e. The number of nitrogens with two attached hydrogens (primary N) is 1. The molecule has 2 saturated heterocycles. The van der Waals surface area contributed by atoms with Crippen molar-refractivity contribution in [2.24, 2.45) is 10.7 Å². The molecule has 2 fully saturated rings. The van der Waals surface area contributed by atoms with E-state index in [0.717, 1.165) is 5.56 Å². The molecular formula is C32H29ClFN7O4S. The maximum absolute atomic E-state index is 14.0. The van der Waals surface area contributed by atoms with Crippen LogP contribution in [0.3, 0.4) is 0 Å². The maximum Gasteiger partial charge on any atom is 0.338 e. The normalized spacial score (nSPS) is 19.6. The highest BCUT2D eigenvalue weighted by Crippen LogP contribution is 2.37. The first-order chi connectivity index (χ1) is 22.2. The van der Waals surface area contributed by atoms with Crippen LogP contribution in [0.5, 0.6) is 0 Å². The summed E-state index contributed by atoms with van der Waals surface area (Å²) >= 11 is 7.86. The third-order valence-electron chi connectivity index (χ3n) is 7.99. The number of piperazine rings is 1. The van der Waals surface area contributed by atoms with Crippen molar-refractivity contribution in [3.05, 3.63) is 97.8 Å². The number of aliphatic imine (C=N–C) groups is 1. The molecule has 6 rings (SSSR count). The fourth-order valence-electron chi connectivity index (χ4n) is 5.76. The summed E-state index contributed by atoms with van der Waals surface area (Å²) in [7, 11) is 1.30. The predicted molar refractivity (Wildman–Crippen MR) is 171 cm³/mol. The van der Waals surface area contributed by atoms with Crippen LogP contribution in [0.2, 0.25) is 5.02 Å². The zero-order valence-electron chi connectivity index (χ0n) is 24.7. The SMILES string of the molecule is COC(=O)C1=C(CN2CCN3C(=O)N(CC#Cc4ccc(C(N)=O)cc4)C[C@@H]3C2)NC(c2nccs2)=N[C@H]1c1ccc(F)cc1Cl. The Morgan fingerprint density at radius 1 is 1.20 bits per heavy atom. The molecule has 2 atom stereocenters. The summed E-state index contributed by atoms with van der Waals surface area (Å²) in [5, 5.41) is 5.90. The molecule has 3 N–H and O–H groups in total. The number of aromatic nitrogens is 1. The number of methoxy groups -OCH3 is 1. The van der Waals surface area contributed by atoms with Gasteiger partial charge < -0.3 is 25.6 Å². The van der Waals surface area contributed by atoms with E-state index in [1.54, 1.807) is 35.4 Å². The fraction of sp³-hybridized carbons (Fsp3) is 0.281. The van der Waals surface area contributed by atoms with Gasteiger partial charge in [0, 0.05) is 71.7 Å². The zero-order valence-corrected chi connectivity index (χ0v) is 26.3. The Hall–Kier alpha value is -4.77. The molecule has 4 heterocycles. The molecule has 0 unspecified atom stereocenters. The van der Waals surface area contributed by atoms with Gasteiger partial charge in [-0.1, -0.05) is 29.5 Å². The monoisotopic (exact) mass is 661 g/mol. The van der Waals surface area contributed by atoms with Crippen LogP contribution in [0.25, 0.3) is 0 Å². The molecule has 2 aromatic carbocycles. The molecule has 0 bridgehead atoms. The number of rotatable bonds is 7. The van der Waals surface area contributed by atoms with Crippen molar-refractivity contribution in [3.8, 4) is 11.8 Å². The number of amides is 3. The van der Waals surface area contributed by atoms with Crippen molar-refractivity contribution in [2.75, 3.05) is 46.4 Å². The molecule has 3 aromatic rings. The zero-order chi connectivity index (χ0) is 32.4. The highest BCUT2D eigenvalue weighted by molar-refractivity contribution is 7.11. The second-order valence-electron chi connectivity index (χ2n) is 10.9. The van der Waals surface area contributed by atoms with Crippen molar-refractivity contribution >= 4 is 46.7 Å². The summed E-state index contributed by atoms with van der Waals surface area (Å²) in [6.07, 6.45) is 1.66. The summed E-state index contributed by atoms with van der Waals surface area (Å²) in [4.78, 5) is 52.7. The number of esters is 1. The molecule has 0 radical (unpaired) electrons. The number of amidine groups is 1. The van der Waals surface area contributed by atoms with Crippen molar-refractivity contribution in [1.29, 1.82) is 0 Å². The Kier molecular flexibility index (Phi) is 9.03. The number of benzene rings is 2. The quantitative estimate of drug-likeness (QED) is 0.294. The average Bonchev–Trinajstić information content (AvgIpc) is 3.69. The van der Waals surface area contributed by atoms with E-state index in [9.17, 15) is 18.8 Å². The van der Waals surface area contributed by atoms with Gasteiger partial charge in [0.25, 0.3) is 0 Å². The number of halogens is 2. The maximum atomic E-state index is 14.0. The smallest absolute Gasteiger partial charge is 0.338 e. The summed E-state index contributed by atoms with van der Waals surface area (Å²) in [6, 6.07) is 9.67. The van der Waals surface area contributed by atoms with E-state index in [2.05, 4.69) is 27.0 Å². The van der Waals surface area contributed by atoms with Crippen LogP contribution in [0.4, 0.5) is 9.18 Å². The Morgan fingerprint density at radius 2 is 2.00 bits per heavy atom. The number of hydrogen-bond donors (Lipinski definition) is 2. The summed E-state index contributed by atoms with van der Waals surface area (Å²) in [6.45, 7) is 2.74. The topological polar surface area (TPSA) is 133 Å². The van der Waals surface area contributed by atoms with E-state index < -0.39 is 23.7 Å². The fourth-order valence-corrected chi connectivity index (χ4v) is 6.62. The van der Waals surface area contributed by atoms with Gasteiger partial charge in [-0.15, -0.1) is 11.3 Å². The van der Waals surface area contributed by atoms with Gasteiger partial charge in [-0.25, -0.2) is 19.0 Å². The molecule has 14 heteroatoms. The second kappa shape index (κ2) is 13.3. The first kappa shape index (κ1) is 31.2. The first-order valence-corrected chi connectivity index (χ1v) is 15.6. The minimum absolute atomic E-state index is 0.0712. The molecule has 46 heavy (non-hydrogen) atoms. The summed E-state index contributed by atoms with van der Waals surface area (Å²) in [5.74, 6) is 4.97. The number of primary amides is 1. The Balaban J connectivity index is 1.20. The van der Waals surface area contributed by atoms with Gasteiger partial charge in [-0.2, -0.15) is 0 Å². The molecule has 1 aromatic heterocycles. The number of urea groups is 1. The van der Waals surface area contributed by atoms with Crippen LogP contribution < -0.4 is 11.1 Å². The summed E-state index contributed by atoms with van der Waals surface area (Å²) in [5.41, 5.74) is 7.72. The molecular weight excluding hydrogens is 633 g/mol. The van der Waals surface area contributed by atoms with Gasteiger partial charge in [0.05, 0.1) is 25.3 Å². The van der Waals surface area contributed by atoms with E-state index >= 15 is 0 Å². The Bertz CT molecular complexity index is 1800. The number of fused-ring (bicyclic) bond motifs is 1. The highest BCUT2D eigenvalue weighted by Gasteiger charge is 2.41. The van der Waals surface area contributed by atoms with Crippen molar-refractivity contribution < 1.29 is 23.5 Å². The number of nitrogens with zero attached hydrogens (tertiary/aromatic N) is 5. The summed E-state index contributed by atoms with van der Waals surface area (Å²) < 4.78 is 19.2. The van der Waals surface area contributed by atoms with E-state index in [4.69, 9.17) is 27.1 Å². The molecule has 236 valence electrons. The minimum atomic E-state index is -0.855. The molecule has 11 nitrogen and oxygen atoms in total. The Labute approximate surface area is 273 Å². The number of thiazole rings is 1. The van der Waals surface area contributed by atoms with Crippen LogP contribution in [-0.4, -0.2) is 95.8 Å². The number of carbonyl (C=O) groups is 3. The third-order valence-corrected chi connectivity index (χ3v) is 9.10. The van der Waals surface area contributed by atoms with Crippen LogP contribution in [-0.2, 0) is 9.53 Å². The number of hydrogen-bond acceptors (Lipinski definition) is 9. The molecule has 0 saturated carbocycles. The van der Waals surface area contributed by atoms with Crippen LogP contribution in [0, 0.1) is 17.7 Å². The molecule has 3 aliphatic rings. The standard InChI is InChI=1S/C32H29ClFN7O4S/c1-45-31(43)26-25(37-29(30-36-10-14-46-30)38-27(26)23-9-8-21(34)15-24(23)33)18-39-12-13-41-22(16-39)17-40(32(41)44)11-2-3-19-4-6-20(7-5-19)28(35)42/h4-10,14-15,22,27H,11-13,16-18H2,1H3,(H2,35,42)(H,37,38)/t22-,27-/m0/s1. The first-order valence-electron chi connectivity index (χ1n) is 14.4. The van der Waals surface area contributed by atoms with E-state index in [-0.39, 0.29) is 29.2 Å². The van der Waals surface area contributed by atoms with Crippen molar-refractivity contribution in [1.82, 2.24) is 25.0 Å². The van der Waals surface area contributed by atoms with E-state index in [0.29, 0.717) is 60.4 Å². The molecule has 0 spiro atoms. The lowest BCUT2D eigenvalue weighted by molar-refractivity contribution is -0.136. The predicted octanol–water partition coefficient (Wildman–Crippen LogP) is 3.03. The average molecular weight is 662 g/mol. The lowest BCUT2D eigenvalue weighted by Gasteiger charge is -2.38. The largest absolute Gasteiger partial charge is 0.466 e. The van der Waals surface area contributed by atoms with Gasteiger partial charge in [-0.05, 0) is 36.4 Å². The van der Waals surface area contributed by atoms with E-state index in [1.807, 2.05) is 10.3 Å². The van der Waals surface area contributed by atoms with Crippen molar-refractivity contribution in [2.45, 2.75) is 12.1 Å². The van der Waals surface area contributed by atoms with Crippen LogP contribution in [0.1, 0.15) is 32.5 Å². The second-order valence-corrected chi connectivity index (χ2v) is 12.2. The van der Waals surface area contributed by atoms with Gasteiger partial charge in [0.1, 0.15) is 11.9 Å². The lowest BCUT2D eigenvalue weighted by Crippen LogP contribution is -2.53. The van der Waals surface area contributed by atoms with Gasteiger partial charge in [0.2, 0.25) is 5.91 Å². The molecule has 0 aliphatic carbocycles. The van der Waals surface area contributed by atoms with Crippen LogP contribution in [0.15, 0.2) is 70.3 Å². The van der Waals surface area contributed by atoms with Crippen LogP contribution >= 0.6 is 22.9 Å². The molecule has 3 amide bonds. The van der Waals surface area contributed by atoms with Gasteiger partial charge in [0.15, 0.2) is 10.8 Å². The molecule has 3 aliphatic heterocycles. The number of nitrogens with one attached hydrogen (secondary N) is 1. The number of carbonyl (C=O) groups excluding carboxylic acids is 3.